The van der Waals surface area contributed by atoms with Crippen LogP contribution in [0.5, 0.6) is 11.5 Å². The van der Waals surface area contributed by atoms with E-state index in [1.807, 2.05) is 32.0 Å². The molecular weight excluding hydrogens is 326 g/mol. The third-order valence-electron chi connectivity index (χ3n) is 3.69. The lowest BCUT2D eigenvalue weighted by atomic mass is 10.1. The van der Waals surface area contributed by atoms with Crippen LogP contribution in [0.25, 0.3) is 0 Å². The molecule has 1 aliphatic heterocycles. The summed E-state index contributed by atoms with van der Waals surface area (Å²) in [7, 11) is 0. The lowest BCUT2D eigenvalue weighted by molar-refractivity contribution is 0.0943. The van der Waals surface area contributed by atoms with Crippen LogP contribution in [0.2, 0.25) is 0 Å². The minimum absolute atomic E-state index is 0.169. The summed E-state index contributed by atoms with van der Waals surface area (Å²) in [6.45, 7) is 4.24. The highest BCUT2D eigenvalue weighted by molar-refractivity contribution is 7.80. The molecule has 1 heterocycles. The highest BCUT2D eigenvalue weighted by atomic mass is 32.1. The van der Waals surface area contributed by atoms with Crippen molar-refractivity contribution in [3.8, 4) is 11.5 Å². The molecule has 3 rings (SSSR count). The zero-order valence-electron chi connectivity index (χ0n) is 13.3. The predicted molar refractivity (Wildman–Crippen MR) is 95.3 cm³/mol. The van der Waals surface area contributed by atoms with E-state index in [1.54, 1.807) is 18.2 Å². The Kier molecular flexibility index (Phi) is 4.52. The van der Waals surface area contributed by atoms with Gasteiger partial charge >= 0.3 is 0 Å². The van der Waals surface area contributed by atoms with Gasteiger partial charge in [-0.3, -0.25) is 15.6 Å². The van der Waals surface area contributed by atoms with Gasteiger partial charge in [0.1, 0.15) is 0 Å². The van der Waals surface area contributed by atoms with Crippen LogP contribution in [-0.2, 0) is 0 Å². The zero-order valence-corrected chi connectivity index (χ0v) is 14.1. The van der Waals surface area contributed by atoms with Crippen LogP contribution in [0.4, 0.5) is 5.69 Å². The molecule has 124 valence electrons. The van der Waals surface area contributed by atoms with Gasteiger partial charge in [-0.2, -0.15) is 0 Å². The lowest BCUT2D eigenvalue weighted by Gasteiger charge is -2.12. The first-order valence-corrected chi connectivity index (χ1v) is 7.78. The van der Waals surface area contributed by atoms with E-state index in [0.717, 1.165) is 11.3 Å². The van der Waals surface area contributed by atoms with Gasteiger partial charge in [-0.1, -0.05) is 6.07 Å². The SMILES string of the molecule is Cc1ccc(NC(=S)NNC(=O)c2ccc3c(c2)OCO3)cc1C. The molecular formula is C17H17N3O3S. The average Bonchev–Trinajstić information content (AvgIpc) is 3.03. The number of hydrogen-bond acceptors (Lipinski definition) is 4. The Labute approximate surface area is 145 Å². The Hall–Kier alpha value is -2.80. The number of anilines is 1. The van der Waals surface area contributed by atoms with Crippen LogP contribution in [0.15, 0.2) is 36.4 Å². The molecule has 0 unspecified atom stereocenters. The number of ether oxygens (including phenoxy) is 2. The van der Waals surface area contributed by atoms with Gasteiger partial charge in [-0.15, -0.1) is 0 Å². The lowest BCUT2D eigenvalue weighted by Crippen LogP contribution is -2.43. The number of fused-ring (bicyclic) bond motifs is 1. The monoisotopic (exact) mass is 343 g/mol. The van der Waals surface area contributed by atoms with Gasteiger partial charge in [-0.05, 0) is 67.5 Å². The van der Waals surface area contributed by atoms with Crippen molar-refractivity contribution in [1.82, 2.24) is 10.9 Å². The number of nitrogens with one attached hydrogen (secondary N) is 3. The fourth-order valence-electron chi connectivity index (χ4n) is 2.21. The third kappa shape index (κ3) is 3.57. The molecule has 7 heteroatoms. The van der Waals surface area contributed by atoms with E-state index in [4.69, 9.17) is 21.7 Å². The molecule has 0 saturated carbocycles. The molecule has 0 spiro atoms. The van der Waals surface area contributed by atoms with Crippen LogP contribution < -0.4 is 25.6 Å². The average molecular weight is 343 g/mol. The first-order chi connectivity index (χ1) is 11.5. The van der Waals surface area contributed by atoms with Crippen molar-refractivity contribution < 1.29 is 14.3 Å². The number of carbonyl (C=O) groups excluding carboxylic acids is 1. The molecule has 0 aliphatic carbocycles. The highest BCUT2D eigenvalue weighted by Crippen LogP contribution is 2.32. The predicted octanol–water partition coefficient (Wildman–Crippen LogP) is 2.66. The minimum atomic E-state index is -0.322. The Morgan fingerprint density at radius 1 is 1.00 bits per heavy atom. The van der Waals surface area contributed by atoms with Crippen LogP contribution in [0.1, 0.15) is 21.5 Å². The molecule has 24 heavy (non-hydrogen) atoms. The molecule has 1 aliphatic rings. The first kappa shape index (κ1) is 16.1. The number of amides is 1. The molecule has 0 fully saturated rings. The Morgan fingerprint density at radius 3 is 2.58 bits per heavy atom. The maximum atomic E-state index is 12.1. The van der Waals surface area contributed by atoms with Gasteiger partial charge in [0, 0.05) is 11.3 Å². The van der Waals surface area contributed by atoms with E-state index < -0.39 is 0 Å². The summed E-state index contributed by atoms with van der Waals surface area (Å²) in [6.07, 6.45) is 0. The Bertz CT molecular complexity index is 808. The van der Waals surface area contributed by atoms with Crippen molar-refractivity contribution in [3.63, 3.8) is 0 Å². The van der Waals surface area contributed by atoms with Crippen LogP contribution in [0.3, 0.4) is 0 Å². The second-order valence-corrected chi connectivity index (χ2v) is 5.81. The number of rotatable bonds is 2. The number of thiocarbonyl (C=S) groups is 1. The number of carbonyl (C=O) groups is 1. The maximum absolute atomic E-state index is 12.1. The van der Waals surface area contributed by atoms with Crippen LogP contribution in [0, 0.1) is 13.8 Å². The number of hydrogen-bond donors (Lipinski definition) is 3. The highest BCUT2D eigenvalue weighted by Gasteiger charge is 2.16. The van der Waals surface area contributed by atoms with Crippen molar-refractivity contribution in [1.29, 1.82) is 0 Å². The molecule has 0 saturated heterocycles. The van der Waals surface area contributed by atoms with E-state index in [-0.39, 0.29) is 12.7 Å². The maximum Gasteiger partial charge on any atom is 0.269 e. The van der Waals surface area contributed by atoms with Crippen molar-refractivity contribution in [3.05, 3.63) is 53.1 Å². The molecule has 0 atom stereocenters. The smallest absolute Gasteiger partial charge is 0.269 e. The normalized spacial score (nSPS) is 11.8. The minimum Gasteiger partial charge on any atom is -0.454 e. The summed E-state index contributed by atoms with van der Waals surface area (Å²) < 4.78 is 10.5. The van der Waals surface area contributed by atoms with E-state index in [2.05, 4.69) is 16.2 Å². The van der Waals surface area contributed by atoms with E-state index in [1.165, 1.54) is 5.56 Å². The zero-order chi connectivity index (χ0) is 17.1. The Balaban J connectivity index is 1.55. The first-order valence-electron chi connectivity index (χ1n) is 7.37. The van der Waals surface area contributed by atoms with Crippen molar-refractivity contribution in [2.24, 2.45) is 0 Å². The van der Waals surface area contributed by atoms with Gasteiger partial charge < -0.3 is 14.8 Å². The van der Waals surface area contributed by atoms with Gasteiger partial charge in [0.25, 0.3) is 5.91 Å². The summed E-state index contributed by atoms with van der Waals surface area (Å²) in [6, 6.07) is 10.9. The van der Waals surface area contributed by atoms with Crippen molar-refractivity contribution in [2.45, 2.75) is 13.8 Å². The topological polar surface area (TPSA) is 71.6 Å². The fourth-order valence-corrected chi connectivity index (χ4v) is 2.37. The standard InChI is InChI=1S/C17H17N3O3S/c1-10-3-5-13(7-11(10)2)18-17(24)20-19-16(21)12-4-6-14-15(8-12)23-9-22-14/h3-8H,9H2,1-2H3,(H,19,21)(H2,18,20,24). The summed E-state index contributed by atoms with van der Waals surface area (Å²) in [5.74, 6) is 0.863. The molecule has 0 aromatic heterocycles. The van der Waals surface area contributed by atoms with Gasteiger partial charge in [0.05, 0.1) is 0 Å². The Morgan fingerprint density at radius 2 is 1.79 bits per heavy atom. The second-order valence-electron chi connectivity index (χ2n) is 5.40. The second kappa shape index (κ2) is 6.76. The van der Waals surface area contributed by atoms with E-state index in [0.29, 0.717) is 22.2 Å². The third-order valence-corrected chi connectivity index (χ3v) is 3.89. The number of aryl methyl sites for hydroxylation is 2. The molecule has 2 aromatic carbocycles. The van der Waals surface area contributed by atoms with Crippen molar-refractivity contribution in [2.75, 3.05) is 12.1 Å². The van der Waals surface area contributed by atoms with Crippen LogP contribution >= 0.6 is 12.2 Å². The molecule has 2 aromatic rings. The largest absolute Gasteiger partial charge is 0.454 e. The molecule has 1 amide bonds. The summed E-state index contributed by atoms with van der Waals surface area (Å²) in [5, 5.41) is 3.32. The summed E-state index contributed by atoms with van der Waals surface area (Å²) in [4.78, 5) is 12.1. The van der Waals surface area contributed by atoms with Gasteiger partial charge in [0.2, 0.25) is 6.79 Å². The summed E-state index contributed by atoms with van der Waals surface area (Å²) >= 11 is 5.18. The van der Waals surface area contributed by atoms with Crippen molar-refractivity contribution >= 4 is 28.9 Å². The number of benzene rings is 2. The number of hydrazine groups is 1. The van der Waals surface area contributed by atoms with Gasteiger partial charge in [-0.25, -0.2) is 0 Å². The van der Waals surface area contributed by atoms with Gasteiger partial charge in [0.15, 0.2) is 16.6 Å². The molecule has 6 nitrogen and oxygen atoms in total. The van der Waals surface area contributed by atoms with Crippen LogP contribution in [-0.4, -0.2) is 17.8 Å². The molecule has 0 radical (unpaired) electrons. The van der Waals surface area contributed by atoms with E-state index >= 15 is 0 Å². The molecule has 0 bridgehead atoms. The molecule has 3 N–H and O–H groups in total. The fraction of sp³-hybridized carbons (Fsp3) is 0.176. The van der Waals surface area contributed by atoms with E-state index in [9.17, 15) is 4.79 Å². The quantitative estimate of drug-likeness (QED) is 0.575. The summed E-state index contributed by atoms with van der Waals surface area (Å²) in [5.41, 5.74) is 8.89.